The molecule has 0 radical (unpaired) electrons. The van der Waals surface area contributed by atoms with Gasteiger partial charge in [-0.25, -0.2) is 9.78 Å². The summed E-state index contributed by atoms with van der Waals surface area (Å²) in [5.74, 6) is 0.0938. The Morgan fingerprint density at radius 3 is 2.72 bits per heavy atom. The first-order valence-electron chi connectivity index (χ1n) is 5.07. The van der Waals surface area contributed by atoms with Gasteiger partial charge in [0, 0.05) is 0 Å². The van der Waals surface area contributed by atoms with E-state index in [1.54, 1.807) is 0 Å². The fourth-order valence-corrected chi connectivity index (χ4v) is 1.35. The molecule has 0 bridgehead atoms. The Labute approximate surface area is 112 Å². The number of carbonyl (C=O) groups excluding carboxylic acids is 1. The summed E-state index contributed by atoms with van der Waals surface area (Å²) in [5.41, 5.74) is 0.905. The fourth-order valence-electron chi connectivity index (χ4n) is 1.17. The molecular formula is C11H9BrN4O2. The van der Waals surface area contributed by atoms with E-state index >= 15 is 0 Å². The molecule has 0 saturated heterocycles. The molecule has 0 aliphatic carbocycles. The highest BCUT2D eigenvalue weighted by molar-refractivity contribution is 9.10. The van der Waals surface area contributed by atoms with Crippen molar-refractivity contribution in [2.75, 3.05) is 5.32 Å². The monoisotopic (exact) mass is 308 g/mol. The molecule has 0 spiro atoms. The van der Waals surface area contributed by atoms with E-state index in [0.717, 1.165) is 5.56 Å². The van der Waals surface area contributed by atoms with Gasteiger partial charge >= 0.3 is 6.09 Å². The van der Waals surface area contributed by atoms with Crippen LogP contribution >= 0.6 is 15.9 Å². The van der Waals surface area contributed by atoms with Crippen LogP contribution in [0.3, 0.4) is 0 Å². The lowest BCUT2D eigenvalue weighted by Crippen LogP contribution is -2.15. The number of hydrogen-bond donors (Lipinski definition) is 1. The van der Waals surface area contributed by atoms with Crippen molar-refractivity contribution in [2.45, 2.75) is 6.61 Å². The molecule has 92 valence electrons. The van der Waals surface area contributed by atoms with Gasteiger partial charge in [0.25, 0.3) is 5.95 Å². The third kappa shape index (κ3) is 3.77. The van der Waals surface area contributed by atoms with E-state index in [9.17, 15) is 4.79 Å². The summed E-state index contributed by atoms with van der Waals surface area (Å²) in [6.07, 6.45) is 0.808. The Morgan fingerprint density at radius 2 is 2.06 bits per heavy atom. The highest BCUT2D eigenvalue weighted by atomic mass is 79.9. The standard InChI is InChI=1S/C11H9BrN4O2/c12-9-6-13-10(16-15-9)14-11(17)18-7-8-4-2-1-3-5-8/h1-6H,7H2,(H,13,14,16,17). The van der Waals surface area contributed by atoms with Crippen molar-refractivity contribution >= 4 is 28.0 Å². The molecule has 0 aliphatic rings. The summed E-state index contributed by atoms with van der Waals surface area (Å²) in [6.45, 7) is 0.191. The molecule has 0 unspecified atom stereocenters. The minimum Gasteiger partial charge on any atom is -0.444 e. The number of anilines is 1. The number of rotatable bonds is 3. The van der Waals surface area contributed by atoms with Crippen LogP contribution < -0.4 is 5.32 Å². The average molecular weight is 309 g/mol. The van der Waals surface area contributed by atoms with Crippen LogP contribution in [-0.4, -0.2) is 21.3 Å². The van der Waals surface area contributed by atoms with Crippen LogP contribution in [0.15, 0.2) is 41.1 Å². The summed E-state index contributed by atoms with van der Waals surface area (Å²) in [7, 11) is 0. The molecule has 1 amide bonds. The molecule has 7 heteroatoms. The van der Waals surface area contributed by atoms with Gasteiger partial charge in [-0.15, -0.1) is 10.2 Å². The zero-order valence-electron chi connectivity index (χ0n) is 9.21. The average Bonchev–Trinajstić information content (AvgIpc) is 2.40. The minimum absolute atomic E-state index is 0.0938. The third-order valence-corrected chi connectivity index (χ3v) is 2.32. The third-order valence-electron chi connectivity index (χ3n) is 1.96. The number of carbonyl (C=O) groups is 1. The summed E-state index contributed by atoms with van der Waals surface area (Å²) in [4.78, 5) is 15.3. The number of halogens is 1. The van der Waals surface area contributed by atoms with E-state index in [0.29, 0.717) is 4.60 Å². The zero-order valence-corrected chi connectivity index (χ0v) is 10.8. The van der Waals surface area contributed by atoms with Gasteiger partial charge in [-0.3, -0.25) is 5.32 Å². The van der Waals surface area contributed by atoms with Crippen molar-refractivity contribution in [2.24, 2.45) is 0 Å². The highest BCUT2D eigenvalue weighted by Gasteiger charge is 2.05. The molecule has 2 rings (SSSR count). The molecule has 6 nitrogen and oxygen atoms in total. The Hall–Kier alpha value is -2.02. The molecule has 0 fully saturated rings. The van der Waals surface area contributed by atoms with Gasteiger partial charge in [0.05, 0.1) is 6.20 Å². The van der Waals surface area contributed by atoms with Crippen LogP contribution in [0, 0.1) is 0 Å². The Kier molecular flexibility index (Phi) is 4.19. The van der Waals surface area contributed by atoms with Crippen molar-refractivity contribution in [3.8, 4) is 0 Å². The number of ether oxygens (including phenoxy) is 1. The van der Waals surface area contributed by atoms with Crippen LogP contribution in [-0.2, 0) is 11.3 Å². The number of benzene rings is 1. The zero-order chi connectivity index (χ0) is 12.8. The van der Waals surface area contributed by atoms with Gasteiger partial charge in [0.15, 0.2) is 0 Å². The second-order valence-electron chi connectivity index (χ2n) is 3.29. The van der Waals surface area contributed by atoms with Crippen molar-refractivity contribution in [1.29, 1.82) is 0 Å². The Balaban J connectivity index is 1.84. The number of nitrogens with one attached hydrogen (secondary N) is 1. The molecule has 2 aromatic rings. The van der Waals surface area contributed by atoms with Crippen LogP contribution in [0.1, 0.15) is 5.56 Å². The van der Waals surface area contributed by atoms with Gasteiger partial charge in [-0.2, -0.15) is 0 Å². The molecule has 0 aliphatic heterocycles. The minimum atomic E-state index is -0.622. The number of hydrogen-bond acceptors (Lipinski definition) is 5. The van der Waals surface area contributed by atoms with Crippen LogP contribution in [0.5, 0.6) is 0 Å². The van der Waals surface area contributed by atoms with Crippen molar-refractivity contribution in [1.82, 2.24) is 15.2 Å². The van der Waals surface area contributed by atoms with Gasteiger partial charge in [-0.05, 0) is 21.5 Å². The van der Waals surface area contributed by atoms with E-state index in [2.05, 4.69) is 36.4 Å². The quantitative estimate of drug-likeness (QED) is 0.942. The van der Waals surface area contributed by atoms with Gasteiger partial charge in [0.2, 0.25) is 0 Å². The second-order valence-corrected chi connectivity index (χ2v) is 4.10. The lowest BCUT2D eigenvalue weighted by molar-refractivity contribution is 0.155. The lowest BCUT2D eigenvalue weighted by atomic mass is 10.2. The Morgan fingerprint density at radius 1 is 1.28 bits per heavy atom. The van der Waals surface area contributed by atoms with E-state index in [4.69, 9.17) is 4.74 Å². The van der Waals surface area contributed by atoms with Crippen molar-refractivity contribution in [3.63, 3.8) is 0 Å². The van der Waals surface area contributed by atoms with Crippen molar-refractivity contribution in [3.05, 3.63) is 46.7 Å². The van der Waals surface area contributed by atoms with Gasteiger partial charge < -0.3 is 4.74 Å². The number of nitrogens with zero attached hydrogens (tertiary/aromatic N) is 3. The highest BCUT2D eigenvalue weighted by Crippen LogP contribution is 2.04. The van der Waals surface area contributed by atoms with Crippen molar-refractivity contribution < 1.29 is 9.53 Å². The topological polar surface area (TPSA) is 77.0 Å². The summed E-state index contributed by atoms with van der Waals surface area (Å²) in [6, 6.07) is 9.37. The maximum absolute atomic E-state index is 11.4. The molecule has 1 N–H and O–H groups in total. The maximum Gasteiger partial charge on any atom is 0.414 e. The van der Waals surface area contributed by atoms with Crippen LogP contribution in [0.25, 0.3) is 0 Å². The van der Waals surface area contributed by atoms with E-state index in [1.165, 1.54) is 6.20 Å². The molecule has 0 atom stereocenters. The molecule has 1 aromatic carbocycles. The predicted octanol–water partition coefficient (Wildman–Crippen LogP) is 2.38. The molecular weight excluding hydrogens is 300 g/mol. The smallest absolute Gasteiger partial charge is 0.414 e. The number of aromatic nitrogens is 3. The summed E-state index contributed by atoms with van der Waals surface area (Å²) in [5, 5.41) is 9.71. The molecule has 18 heavy (non-hydrogen) atoms. The molecule has 0 saturated carbocycles. The van der Waals surface area contributed by atoms with E-state index < -0.39 is 6.09 Å². The van der Waals surface area contributed by atoms with Gasteiger partial charge in [-0.1, -0.05) is 30.3 Å². The second kappa shape index (κ2) is 6.06. The normalized spacial score (nSPS) is 9.83. The van der Waals surface area contributed by atoms with Crippen LogP contribution in [0.4, 0.5) is 10.7 Å². The largest absolute Gasteiger partial charge is 0.444 e. The summed E-state index contributed by atoms with van der Waals surface area (Å²) >= 11 is 3.09. The van der Waals surface area contributed by atoms with E-state index in [-0.39, 0.29) is 12.6 Å². The molecule has 1 heterocycles. The fraction of sp³-hybridized carbons (Fsp3) is 0.0909. The van der Waals surface area contributed by atoms with E-state index in [1.807, 2.05) is 30.3 Å². The first kappa shape index (κ1) is 12.4. The van der Waals surface area contributed by atoms with Crippen LogP contribution in [0.2, 0.25) is 0 Å². The first-order chi connectivity index (χ1) is 8.74. The summed E-state index contributed by atoms with van der Waals surface area (Å²) < 4.78 is 5.48. The first-order valence-corrected chi connectivity index (χ1v) is 5.86. The SMILES string of the molecule is O=C(Nc1ncc(Br)nn1)OCc1ccccc1. The number of amides is 1. The maximum atomic E-state index is 11.4. The predicted molar refractivity (Wildman–Crippen MR) is 67.8 cm³/mol. The Bertz CT molecular complexity index is 518. The molecule has 1 aromatic heterocycles. The lowest BCUT2D eigenvalue weighted by Gasteiger charge is -2.05. The van der Waals surface area contributed by atoms with Gasteiger partial charge in [0.1, 0.15) is 11.2 Å².